The second-order valence-corrected chi connectivity index (χ2v) is 3.44. The lowest BCUT2D eigenvalue weighted by Crippen LogP contribution is -2.40. The van der Waals surface area contributed by atoms with Crippen LogP contribution in [0.25, 0.3) is 0 Å². The van der Waals surface area contributed by atoms with E-state index in [4.69, 9.17) is 0 Å². The van der Waals surface area contributed by atoms with E-state index < -0.39 is 11.9 Å². The van der Waals surface area contributed by atoms with Crippen LogP contribution in [-0.2, 0) is 4.79 Å². The van der Waals surface area contributed by atoms with Gasteiger partial charge in [0.15, 0.2) is 11.2 Å². The average Bonchev–Trinajstić information content (AvgIpc) is 2.28. The summed E-state index contributed by atoms with van der Waals surface area (Å²) in [6.07, 6.45) is 3.12. The third-order valence-corrected chi connectivity index (χ3v) is 2.25. The lowest BCUT2D eigenvalue weighted by Gasteiger charge is -2.11. The molecule has 1 unspecified atom stereocenters. The quantitative estimate of drug-likeness (QED) is 0.777. The van der Waals surface area contributed by atoms with E-state index in [1.807, 2.05) is 0 Å². The largest absolute Gasteiger partial charge is 0.367 e. The Balaban J connectivity index is 2.78. The predicted molar refractivity (Wildman–Crippen MR) is 59.3 cm³/mol. The van der Waals surface area contributed by atoms with E-state index in [1.165, 1.54) is 18.5 Å². The zero-order chi connectivity index (χ0) is 12.1. The average molecular weight is 222 g/mol. The van der Waals surface area contributed by atoms with Gasteiger partial charge in [0.25, 0.3) is 5.91 Å². The van der Waals surface area contributed by atoms with Crippen molar-refractivity contribution in [3.63, 3.8) is 0 Å². The summed E-state index contributed by atoms with van der Waals surface area (Å²) in [6.45, 7) is 3.32. The maximum atomic E-state index is 11.6. The number of aromatic amines is 1. The van der Waals surface area contributed by atoms with E-state index in [0.717, 1.165) is 0 Å². The molecule has 0 spiro atoms. The van der Waals surface area contributed by atoms with Crippen molar-refractivity contribution in [1.29, 1.82) is 0 Å². The van der Waals surface area contributed by atoms with E-state index in [9.17, 15) is 14.4 Å². The topological polar surface area (TPSA) is 79.0 Å². The van der Waals surface area contributed by atoms with Crippen LogP contribution >= 0.6 is 0 Å². The van der Waals surface area contributed by atoms with Gasteiger partial charge in [-0.15, -0.1) is 0 Å². The summed E-state index contributed by atoms with van der Waals surface area (Å²) < 4.78 is 0. The number of rotatable bonds is 4. The summed E-state index contributed by atoms with van der Waals surface area (Å²) in [5, 5.41) is 2.48. The highest BCUT2D eigenvalue weighted by Gasteiger charge is 2.16. The Hall–Kier alpha value is -1.91. The Kier molecular flexibility index (Phi) is 3.99. The Morgan fingerprint density at radius 1 is 1.50 bits per heavy atom. The van der Waals surface area contributed by atoms with Crippen molar-refractivity contribution in [3.8, 4) is 0 Å². The first kappa shape index (κ1) is 12.2. The molecular formula is C11H14N2O3. The highest BCUT2D eigenvalue weighted by Crippen LogP contribution is 1.94. The van der Waals surface area contributed by atoms with E-state index in [2.05, 4.69) is 10.3 Å². The fourth-order valence-corrected chi connectivity index (χ4v) is 1.25. The highest BCUT2D eigenvalue weighted by molar-refractivity contribution is 5.97. The van der Waals surface area contributed by atoms with Crippen LogP contribution in [-0.4, -0.2) is 22.7 Å². The number of aromatic nitrogens is 1. The Labute approximate surface area is 92.9 Å². The van der Waals surface area contributed by atoms with Crippen molar-refractivity contribution in [2.45, 2.75) is 26.3 Å². The van der Waals surface area contributed by atoms with E-state index in [-0.39, 0.29) is 16.8 Å². The lowest BCUT2D eigenvalue weighted by atomic mass is 10.1. The SMILES string of the molecule is CCC(=O)C(C)NC(=O)c1c[nH]ccc1=O. The molecular weight excluding hydrogens is 208 g/mol. The van der Waals surface area contributed by atoms with Crippen LogP contribution in [0.3, 0.4) is 0 Å². The molecule has 0 aliphatic heterocycles. The zero-order valence-electron chi connectivity index (χ0n) is 9.24. The first-order chi connectivity index (χ1) is 7.56. The molecule has 0 saturated carbocycles. The third kappa shape index (κ3) is 2.79. The van der Waals surface area contributed by atoms with E-state index in [1.54, 1.807) is 13.8 Å². The van der Waals surface area contributed by atoms with Gasteiger partial charge in [-0.05, 0) is 6.92 Å². The molecule has 0 aliphatic carbocycles. The molecule has 1 aromatic heterocycles. The summed E-state index contributed by atoms with van der Waals surface area (Å²) >= 11 is 0. The van der Waals surface area contributed by atoms with Gasteiger partial charge in [-0.25, -0.2) is 0 Å². The molecule has 1 rings (SSSR count). The number of amides is 1. The number of ketones is 1. The monoisotopic (exact) mass is 222 g/mol. The van der Waals surface area contributed by atoms with Gasteiger partial charge in [-0.1, -0.05) is 6.92 Å². The van der Waals surface area contributed by atoms with Gasteiger partial charge in [0, 0.05) is 24.9 Å². The Morgan fingerprint density at radius 2 is 2.19 bits per heavy atom. The van der Waals surface area contributed by atoms with Crippen molar-refractivity contribution in [2.75, 3.05) is 0 Å². The van der Waals surface area contributed by atoms with Crippen LogP contribution in [0.4, 0.5) is 0 Å². The standard InChI is InChI=1S/C11H14N2O3/c1-3-9(14)7(2)13-11(16)8-6-12-5-4-10(8)15/h4-7H,3H2,1-2H3,(H,12,15)(H,13,16). The number of carbonyl (C=O) groups excluding carboxylic acids is 2. The van der Waals surface area contributed by atoms with Crippen LogP contribution in [0.5, 0.6) is 0 Å². The maximum Gasteiger partial charge on any atom is 0.257 e. The molecule has 5 nitrogen and oxygen atoms in total. The van der Waals surface area contributed by atoms with Gasteiger partial charge >= 0.3 is 0 Å². The van der Waals surface area contributed by atoms with Gasteiger partial charge in [-0.2, -0.15) is 0 Å². The van der Waals surface area contributed by atoms with Crippen LogP contribution in [0.1, 0.15) is 30.6 Å². The van der Waals surface area contributed by atoms with Crippen LogP contribution in [0, 0.1) is 0 Å². The van der Waals surface area contributed by atoms with Crippen LogP contribution < -0.4 is 10.7 Å². The third-order valence-electron chi connectivity index (χ3n) is 2.25. The van der Waals surface area contributed by atoms with Gasteiger partial charge in [0.05, 0.1) is 6.04 Å². The molecule has 1 atom stereocenters. The van der Waals surface area contributed by atoms with E-state index in [0.29, 0.717) is 6.42 Å². The second-order valence-electron chi connectivity index (χ2n) is 3.44. The van der Waals surface area contributed by atoms with Crippen molar-refractivity contribution in [3.05, 3.63) is 34.2 Å². The summed E-state index contributed by atoms with van der Waals surface area (Å²) in [7, 11) is 0. The molecule has 0 fully saturated rings. The minimum atomic E-state index is -0.572. The lowest BCUT2D eigenvalue weighted by molar-refractivity contribution is -0.120. The minimum absolute atomic E-state index is 0.0123. The summed E-state index contributed by atoms with van der Waals surface area (Å²) in [5.41, 5.74) is -0.356. The minimum Gasteiger partial charge on any atom is -0.367 e. The fourth-order valence-electron chi connectivity index (χ4n) is 1.25. The molecule has 5 heteroatoms. The highest BCUT2D eigenvalue weighted by atomic mass is 16.2. The predicted octanol–water partition coefficient (Wildman–Crippen LogP) is 0.472. The molecule has 16 heavy (non-hydrogen) atoms. The number of H-pyrrole nitrogens is 1. The molecule has 2 N–H and O–H groups in total. The van der Waals surface area contributed by atoms with Gasteiger partial charge in [0.2, 0.25) is 0 Å². The first-order valence-electron chi connectivity index (χ1n) is 5.07. The maximum absolute atomic E-state index is 11.6. The molecule has 0 aromatic carbocycles. The number of hydrogen-bond acceptors (Lipinski definition) is 3. The van der Waals surface area contributed by atoms with Crippen molar-refractivity contribution in [2.24, 2.45) is 0 Å². The first-order valence-corrected chi connectivity index (χ1v) is 5.07. The van der Waals surface area contributed by atoms with Gasteiger partial charge in [0.1, 0.15) is 5.56 Å². The fraction of sp³-hybridized carbons (Fsp3) is 0.364. The second kappa shape index (κ2) is 5.25. The van der Waals surface area contributed by atoms with Crippen molar-refractivity contribution >= 4 is 11.7 Å². The van der Waals surface area contributed by atoms with E-state index >= 15 is 0 Å². The Bertz CT molecular complexity index is 451. The summed E-state index contributed by atoms with van der Waals surface area (Å²) in [5.74, 6) is -0.600. The number of carbonyl (C=O) groups is 2. The molecule has 0 aliphatic rings. The van der Waals surface area contributed by atoms with Crippen molar-refractivity contribution < 1.29 is 9.59 Å². The molecule has 0 bridgehead atoms. The van der Waals surface area contributed by atoms with Crippen molar-refractivity contribution in [1.82, 2.24) is 10.3 Å². The number of hydrogen-bond donors (Lipinski definition) is 2. The Morgan fingerprint density at radius 3 is 2.75 bits per heavy atom. The smallest absolute Gasteiger partial charge is 0.257 e. The number of nitrogens with one attached hydrogen (secondary N) is 2. The molecule has 86 valence electrons. The number of pyridine rings is 1. The summed E-state index contributed by atoms with van der Waals surface area (Å²) in [4.78, 5) is 36.8. The van der Waals surface area contributed by atoms with Gasteiger partial charge < -0.3 is 10.3 Å². The number of Topliss-reactive ketones (excluding diaryl/α,β-unsaturated/α-hetero) is 1. The molecule has 0 saturated heterocycles. The molecule has 1 heterocycles. The zero-order valence-corrected chi connectivity index (χ0v) is 9.24. The molecule has 1 aromatic rings. The van der Waals surface area contributed by atoms with Gasteiger partial charge in [-0.3, -0.25) is 14.4 Å². The van der Waals surface area contributed by atoms with Crippen LogP contribution in [0.15, 0.2) is 23.3 Å². The molecule has 0 radical (unpaired) electrons. The normalized spacial score (nSPS) is 11.9. The van der Waals surface area contributed by atoms with Crippen LogP contribution in [0.2, 0.25) is 0 Å². The summed E-state index contributed by atoms with van der Waals surface area (Å²) in [6, 6.07) is 0.693. The molecule has 1 amide bonds.